The quantitative estimate of drug-likeness (QED) is 0.717. The van der Waals surface area contributed by atoms with E-state index in [1.165, 1.54) is 27.7 Å². The van der Waals surface area contributed by atoms with Crippen LogP contribution >= 0.6 is 0 Å². The summed E-state index contributed by atoms with van der Waals surface area (Å²) in [6, 6.07) is 13.0. The Morgan fingerprint density at radius 2 is 1.97 bits per heavy atom. The Balaban J connectivity index is 1.18. The molecule has 0 aliphatic carbocycles. The molecular formula is C24H29N3O2. The van der Waals surface area contributed by atoms with Gasteiger partial charge in [0.2, 0.25) is 0 Å². The van der Waals surface area contributed by atoms with Gasteiger partial charge in [-0.05, 0) is 66.8 Å². The second-order valence-electron chi connectivity index (χ2n) is 8.05. The number of nitrogens with one attached hydrogen (secondary N) is 1. The maximum absolute atomic E-state index is 5.76. The molecule has 1 N–H and O–H groups in total. The molecule has 5 rings (SSSR count). The summed E-state index contributed by atoms with van der Waals surface area (Å²) in [5, 5.41) is 1.28. The summed E-state index contributed by atoms with van der Waals surface area (Å²) in [5.41, 5.74) is 5.27. The Kier molecular flexibility index (Phi) is 5.06. The smallest absolute Gasteiger partial charge is 0.122 e. The molecule has 0 atom stereocenters. The Hall–Kier alpha value is -2.66. The van der Waals surface area contributed by atoms with Gasteiger partial charge in [-0.25, -0.2) is 0 Å². The highest BCUT2D eigenvalue weighted by Gasteiger charge is 2.19. The van der Waals surface area contributed by atoms with Crippen molar-refractivity contribution in [2.75, 3.05) is 51.3 Å². The van der Waals surface area contributed by atoms with E-state index in [4.69, 9.17) is 9.47 Å². The molecule has 5 heteroatoms. The summed E-state index contributed by atoms with van der Waals surface area (Å²) in [7, 11) is 1.72. The fourth-order valence-electron chi connectivity index (χ4n) is 4.54. The lowest BCUT2D eigenvalue weighted by Gasteiger charge is -2.36. The fraction of sp³-hybridized carbons (Fsp3) is 0.417. The number of H-pyrrole nitrogens is 1. The van der Waals surface area contributed by atoms with Gasteiger partial charge >= 0.3 is 0 Å². The molecule has 0 amide bonds. The van der Waals surface area contributed by atoms with E-state index in [0.717, 1.165) is 70.1 Å². The minimum atomic E-state index is 0.855. The molecule has 5 nitrogen and oxygen atoms in total. The van der Waals surface area contributed by atoms with Gasteiger partial charge in [0.15, 0.2) is 0 Å². The third-order valence-corrected chi connectivity index (χ3v) is 6.30. The van der Waals surface area contributed by atoms with Gasteiger partial charge in [0, 0.05) is 55.5 Å². The van der Waals surface area contributed by atoms with E-state index in [1.54, 1.807) is 7.11 Å². The van der Waals surface area contributed by atoms with Gasteiger partial charge in [0.25, 0.3) is 0 Å². The highest BCUT2D eigenvalue weighted by molar-refractivity contribution is 5.84. The van der Waals surface area contributed by atoms with Crippen LogP contribution in [0, 0.1) is 0 Å². The molecule has 0 saturated carbocycles. The Bertz CT molecular complexity index is 989. The minimum Gasteiger partial charge on any atom is -0.497 e. The number of rotatable bonds is 5. The molecular weight excluding hydrogens is 362 g/mol. The van der Waals surface area contributed by atoms with Crippen LogP contribution in [0.3, 0.4) is 0 Å². The van der Waals surface area contributed by atoms with Crippen molar-refractivity contribution in [2.45, 2.75) is 19.3 Å². The number of hydrogen-bond acceptors (Lipinski definition) is 4. The van der Waals surface area contributed by atoms with Gasteiger partial charge in [-0.15, -0.1) is 0 Å². The van der Waals surface area contributed by atoms with E-state index in [9.17, 15) is 0 Å². The molecule has 0 unspecified atom stereocenters. The van der Waals surface area contributed by atoms with Crippen LogP contribution in [0.25, 0.3) is 10.9 Å². The van der Waals surface area contributed by atoms with E-state index in [-0.39, 0.29) is 0 Å². The predicted molar refractivity (Wildman–Crippen MR) is 117 cm³/mol. The molecule has 3 heterocycles. The molecule has 0 bridgehead atoms. The zero-order valence-electron chi connectivity index (χ0n) is 17.1. The van der Waals surface area contributed by atoms with Gasteiger partial charge in [-0.2, -0.15) is 0 Å². The Morgan fingerprint density at radius 3 is 2.83 bits per heavy atom. The van der Waals surface area contributed by atoms with Crippen molar-refractivity contribution in [3.8, 4) is 11.5 Å². The van der Waals surface area contributed by atoms with Gasteiger partial charge < -0.3 is 19.4 Å². The van der Waals surface area contributed by atoms with E-state index in [2.05, 4.69) is 51.3 Å². The van der Waals surface area contributed by atoms with Crippen molar-refractivity contribution in [3.05, 3.63) is 53.7 Å². The number of aromatic nitrogens is 1. The Morgan fingerprint density at radius 1 is 1.07 bits per heavy atom. The zero-order chi connectivity index (χ0) is 19.6. The molecule has 0 spiro atoms. The average molecular weight is 392 g/mol. The first-order chi connectivity index (χ1) is 14.3. The van der Waals surface area contributed by atoms with Crippen molar-refractivity contribution in [1.82, 2.24) is 9.88 Å². The first kappa shape index (κ1) is 18.4. The maximum atomic E-state index is 5.76. The van der Waals surface area contributed by atoms with Gasteiger partial charge in [-0.3, -0.25) is 4.90 Å². The molecule has 2 aromatic carbocycles. The molecule has 2 aliphatic rings. The van der Waals surface area contributed by atoms with Crippen molar-refractivity contribution in [3.63, 3.8) is 0 Å². The number of anilines is 1. The van der Waals surface area contributed by atoms with Crippen LogP contribution < -0.4 is 14.4 Å². The number of ether oxygens (including phenoxy) is 2. The van der Waals surface area contributed by atoms with E-state index in [0.29, 0.717) is 0 Å². The molecule has 3 aromatic rings. The largest absolute Gasteiger partial charge is 0.497 e. The van der Waals surface area contributed by atoms with Crippen LogP contribution in [0.15, 0.2) is 42.6 Å². The molecule has 0 radical (unpaired) electrons. The van der Waals surface area contributed by atoms with Crippen LogP contribution in [0.5, 0.6) is 11.5 Å². The standard InChI is InChI=1S/C24H29N3O2/c1-28-21-5-6-23-22(16-21)19(17-25-23)8-9-26-10-12-27(13-11-26)20-4-7-24-18(15-20)3-2-14-29-24/h4-7,15-17,25H,2-3,8-14H2,1H3. The number of hydrogen-bond donors (Lipinski definition) is 1. The number of benzene rings is 2. The highest BCUT2D eigenvalue weighted by atomic mass is 16.5. The van der Waals surface area contributed by atoms with Crippen molar-refractivity contribution in [2.24, 2.45) is 0 Å². The second-order valence-corrected chi connectivity index (χ2v) is 8.05. The summed E-state index contributed by atoms with van der Waals surface area (Å²) in [6.07, 6.45) is 5.47. The summed E-state index contributed by atoms with van der Waals surface area (Å²) in [6.45, 7) is 6.34. The lowest BCUT2D eigenvalue weighted by atomic mass is 10.0. The predicted octanol–water partition coefficient (Wildman–Crippen LogP) is 3.87. The highest BCUT2D eigenvalue weighted by Crippen LogP contribution is 2.30. The van der Waals surface area contributed by atoms with Crippen LogP contribution in [0.1, 0.15) is 17.5 Å². The molecule has 1 fully saturated rings. The summed E-state index contributed by atoms with van der Waals surface area (Å²) in [5.74, 6) is 2.00. The summed E-state index contributed by atoms with van der Waals surface area (Å²) in [4.78, 5) is 8.48. The number of methoxy groups -OCH3 is 1. The van der Waals surface area contributed by atoms with Gasteiger partial charge in [-0.1, -0.05) is 0 Å². The Labute approximate surface area is 172 Å². The third kappa shape index (κ3) is 3.79. The lowest BCUT2D eigenvalue weighted by molar-refractivity contribution is 0.261. The fourth-order valence-corrected chi connectivity index (χ4v) is 4.54. The molecule has 152 valence electrons. The lowest BCUT2D eigenvalue weighted by Crippen LogP contribution is -2.47. The van der Waals surface area contributed by atoms with Crippen LogP contribution in [0.4, 0.5) is 5.69 Å². The maximum Gasteiger partial charge on any atom is 0.122 e. The number of piperazine rings is 1. The van der Waals surface area contributed by atoms with E-state index < -0.39 is 0 Å². The zero-order valence-corrected chi connectivity index (χ0v) is 17.1. The molecule has 29 heavy (non-hydrogen) atoms. The molecule has 1 aromatic heterocycles. The number of nitrogens with zero attached hydrogens (tertiary/aromatic N) is 2. The number of aryl methyl sites for hydroxylation is 1. The number of fused-ring (bicyclic) bond motifs is 2. The van der Waals surface area contributed by atoms with Crippen LogP contribution in [-0.4, -0.2) is 56.3 Å². The van der Waals surface area contributed by atoms with Gasteiger partial charge in [0.1, 0.15) is 11.5 Å². The molecule has 1 saturated heterocycles. The van der Waals surface area contributed by atoms with E-state index >= 15 is 0 Å². The van der Waals surface area contributed by atoms with Crippen molar-refractivity contribution < 1.29 is 9.47 Å². The third-order valence-electron chi connectivity index (χ3n) is 6.30. The summed E-state index contributed by atoms with van der Waals surface area (Å²) < 4.78 is 11.1. The number of aromatic amines is 1. The summed E-state index contributed by atoms with van der Waals surface area (Å²) >= 11 is 0. The normalized spacial score (nSPS) is 17.2. The molecule has 2 aliphatic heterocycles. The first-order valence-electron chi connectivity index (χ1n) is 10.7. The van der Waals surface area contributed by atoms with Crippen LogP contribution in [0.2, 0.25) is 0 Å². The monoisotopic (exact) mass is 391 g/mol. The van der Waals surface area contributed by atoms with Gasteiger partial charge in [0.05, 0.1) is 13.7 Å². The second kappa shape index (κ2) is 7.99. The minimum absolute atomic E-state index is 0.855. The topological polar surface area (TPSA) is 40.7 Å². The van der Waals surface area contributed by atoms with Crippen LogP contribution in [-0.2, 0) is 12.8 Å². The van der Waals surface area contributed by atoms with Crippen molar-refractivity contribution >= 4 is 16.6 Å². The van der Waals surface area contributed by atoms with Crippen molar-refractivity contribution in [1.29, 1.82) is 0 Å². The average Bonchev–Trinajstić information content (AvgIpc) is 3.20. The van der Waals surface area contributed by atoms with E-state index in [1.807, 2.05) is 6.07 Å². The first-order valence-corrected chi connectivity index (χ1v) is 10.7. The SMILES string of the molecule is COc1ccc2[nH]cc(CCN3CCN(c4ccc5c(c4)CCCO5)CC3)c2c1.